The van der Waals surface area contributed by atoms with E-state index in [0.717, 1.165) is 23.7 Å². The Balaban J connectivity index is 1.30. The van der Waals surface area contributed by atoms with Crippen LogP contribution in [-0.2, 0) is 9.47 Å². The summed E-state index contributed by atoms with van der Waals surface area (Å²) >= 11 is 0. The van der Waals surface area contributed by atoms with Crippen LogP contribution in [0.25, 0.3) is 0 Å². The Labute approximate surface area is 156 Å². The molecule has 3 rings (SSSR count). The van der Waals surface area contributed by atoms with Gasteiger partial charge in [0.15, 0.2) is 0 Å². The zero-order valence-electron chi connectivity index (χ0n) is 17.2. The molecule has 3 aliphatic rings. The molecule has 6 atom stereocenters. The maximum Gasteiger partial charge on any atom is 0.0844 e. The minimum atomic E-state index is 0.511. The van der Waals surface area contributed by atoms with Gasteiger partial charge >= 0.3 is 0 Å². The van der Waals surface area contributed by atoms with Gasteiger partial charge in [0.1, 0.15) is 0 Å². The highest BCUT2D eigenvalue weighted by molar-refractivity contribution is 4.89. The van der Waals surface area contributed by atoms with Gasteiger partial charge in [-0.15, -0.1) is 0 Å². The predicted molar refractivity (Wildman–Crippen MR) is 105 cm³/mol. The van der Waals surface area contributed by atoms with Gasteiger partial charge in [-0.25, -0.2) is 0 Å². The molecule has 0 spiro atoms. The van der Waals surface area contributed by atoms with E-state index in [-0.39, 0.29) is 0 Å². The fourth-order valence-electron chi connectivity index (χ4n) is 5.45. The molecule has 2 nitrogen and oxygen atoms in total. The van der Waals surface area contributed by atoms with E-state index in [1.54, 1.807) is 0 Å². The largest absolute Gasteiger partial charge is 0.375 e. The van der Waals surface area contributed by atoms with Crippen molar-refractivity contribution >= 4 is 0 Å². The van der Waals surface area contributed by atoms with E-state index in [1.165, 1.54) is 70.6 Å². The SMILES string of the molecule is CC(C)CC1CCC(CC(C)CC2OC2CC(C)C2CCCCC2)O1. The zero-order chi connectivity index (χ0) is 17.8. The van der Waals surface area contributed by atoms with E-state index >= 15 is 0 Å². The minimum Gasteiger partial charge on any atom is -0.375 e. The average molecular weight is 351 g/mol. The fourth-order valence-corrected chi connectivity index (χ4v) is 5.45. The van der Waals surface area contributed by atoms with Crippen molar-refractivity contribution < 1.29 is 9.47 Å². The Morgan fingerprint density at radius 2 is 1.32 bits per heavy atom. The van der Waals surface area contributed by atoms with Crippen LogP contribution in [0.15, 0.2) is 0 Å². The van der Waals surface area contributed by atoms with Crippen molar-refractivity contribution in [1.29, 1.82) is 0 Å². The van der Waals surface area contributed by atoms with Crippen molar-refractivity contribution in [2.75, 3.05) is 0 Å². The molecule has 25 heavy (non-hydrogen) atoms. The summed E-state index contributed by atoms with van der Waals surface area (Å²) in [4.78, 5) is 0. The predicted octanol–water partition coefficient (Wildman–Crippen LogP) is 6.37. The van der Waals surface area contributed by atoms with Crippen molar-refractivity contribution in [3.05, 3.63) is 0 Å². The van der Waals surface area contributed by atoms with E-state index in [4.69, 9.17) is 9.47 Å². The molecule has 1 saturated carbocycles. The zero-order valence-corrected chi connectivity index (χ0v) is 17.2. The van der Waals surface area contributed by atoms with Crippen molar-refractivity contribution in [2.45, 2.75) is 123 Å². The highest BCUT2D eigenvalue weighted by Crippen LogP contribution is 2.40. The second kappa shape index (κ2) is 9.22. The molecule has 0 N–H and O–H groups in total. The number of epoxide rings is 1. The first kappa shape index (κ1) is 19.7. The molecule has 2 saturated heterocycles. The molecule has 0 aromatic carbocycles. The molecular weight excluding hydrogens is 308 g/mol. The van der Waals surface area contributed by atoms with Crippen molar-refractivity contribution in [3.63, 3.8) is 0 Å². The summed E-state index contributed by atoms with van der Waals surface area (Å²) in [6.07, 6.45) is 17.0. The quantitative estimate of drug-likeness (QED) is 0.451. The molecule has 0 radical (unpaired) electrons. The lowest BCUT2D eigenvalue weighted by atomic mass is 9.78. The fraction of sp³-hybridized carbons (Fsp3) is 1.00. The molecule has 146 valence electrons. The molecule has 0 aromatic heterocycles. The Morgan fingerprint density at radius 1 is 0.680 bits per heavy atom. The standard InChI is InChI=1S/C23H42O2/c1-16(2)12-20-10-11-21(24-20)13-17(3)14-22-23(25-22)15-18(4)19-8-6-5-7-9-19/h16-23H,5-15H2,1-4H3. The molecule has 1 aliphatic carbocycles. The molecule has 6 unspecified atom stereocenters. The van der Waals surface area contributed by atoms with Crippen LogP contribution in [0.3, 0.4) is 0 Å². The van der Waals surface area contributed by atoms with Crippen LogP contribution in [0, 0.1) is 23.7 Å². The van der Waals surface area contributed by atoms with Crippen LogP contribution >= 0.6 is 0 Å². The summed E-state index contributed by atoms with van der Waals surface area (Å²) in [7, 11) is 0. The van der Waals surface area contributed by atoms with Gasteiger partial charge in [-0.3, -0.25) is 0 Å². The third-order valence-electron chi connectivity index (χ3n) is 6.98. The van der Waals surface area contributed by atoms with Crippen LogP contribution in [0.1, 0.15) is 98.3 Å². The van der Waals surface area contributed by atoms with E-state index in [0.29, 0.717) is 24.4 Å². The van der Waals surface area contributed by atoms with Gasteiger partial charge in [0.25, 0.3) is 0 Å². The highest BCUT2D eigenvalue weighted by atomic mass is 16.6. The van der Waals surface area contributed by atoms with Crippen molar-refractivity contribution in [1.82, 2.24) is 0 Å². The molecule has 2 heteroatoms. The van der Waals surface area contributed by atoms with E-state index in [1.807, 2.05) is 0 Å². The number of rotatable bonds is 9. The Bertz CT molecular complexity index is 388. The van der Waals surface area contributed by atoms with E-state index in [2.05, 4.69) is 27.7 Å². The van der Waals surface area contributed by atoms with Crippen LogP contribution in [0.2, 0.25) is 0 Å². The smallest absolute Gasteiger partial charge is 0.0844 e. The summed E-state index contributed by atoms with van der Waals surface area (Å²) < 4.78 is 12.3. The second-order valence-corrected chi connectivity index (χ2v) is 9.99. The third kappa shape index (κ3) is 6.24. The highest BCUT2D eigenvalue weighted by Gasteiger charge is 2.41. The maximum absolute atomic E-state index is 6.27. The first-order valence-electron chi connectivity index (χ1n) is 11.3. The molecular formula is C23H42O2. The van der Waals surface area contributed by atoms with Gasteiger partial charge in [0.05, 0.1) is 24.4 Å². The molecule has 0 aromatic rings. The lowest BCUT2D eigenvalue weighted by Crippen LogP contribution is -2.18. The Hall–Kier alpha value is -0.0800. The topological polar surface area (TPSA) is 21.8 Å². The second-order valence-electron chi connectivity index (χ2n) is 9.99. The van der Waals surface area contributed by atoms with Gasteiger partial charge in [0, 0.05) is 0 Å². The monoisotopic (exact) mass is 350 g/mol. The summed E-state index contributed by atoms with van der Waals surface area (Å²) in [6, 6.07) is 0. The van der Waals surface area contributed by atoms with Crippen molar-refractivity contribution in [2.24, 2.45) is 23.7 Å². The molecule has 3 fully saturated rings. The minimum absolute atomic E-state index is 0.511. The van der Waals surface area contributed by atoms with Crippen LogP contribution < -0.4 is 0 Å². The Kier molecular flexibility index (Phi) is 7.26. The van der Waals surface area contributed by atoms with Gasteiger partial charge in [-0.05, 0) is 62.2 Å². The normalized spacial score (nSPS) is 35.9. The lowest BCUT2D eigenvalue weighted by molar-refractivity contribution is 0.0215. The maximum atomic E-state index is 6.27. The van der Waals surface area contributed by atoms with Crippen LogP contribution in [0.5, 0.6) is 0 Å². The first-order valence-corrected chi connectivity index (χ1v) is 11.3. The molecule has 0 bridgehead atoms. The summed E-state index contributed by atoms with van der Waals surface area (Å²) in [5.41, 5.74) is 0. The number of ether oxygens (including phenoxy) is 2. The lowest BCUT2D eigenvalue weighted by Gasteiger charge is -2.27. The average Bonchev–Trinajstić information content (AvgIpc) is 3.13. The number of hydrogen-bond acceptors (Lipinski definition) is 2. The van der Waals surface area contributed by atoms with Crippen LogP contribution in [0.4, 0.5) is 0 Å². The van der Waals surface area contributed by atoms with Gasteiger partial charge < -0.3 is 9.47 Å². The summed E-state index contributed by atoms with van der Waals surface area (Å²) in [5, 5.41) is 0. The van der Waals surface area contributed by atoms with E-state index in [9.17, 15) is 0 Å². The Morgan fingerprint density at radius 3 is 2.00 bits per heavy atom. The molecule has 2 aliphatic heterocycles. The molecule has 0 amide bonds. The third-order valence-corrected chi connectivity index (χ3v) is 6.98. The van der Waals surface area contributed by atoms with Gasteiger partial charge in [-0.2, -0.15) is 0 Å². The van der Waals surface area contributed by atoms with Crippen LogP contribution in [-0.4, -0.2) is 24.4 Å². The van der Waals surface area contributed by atoms with Gasteiger partial charge in [0.2, 0.25) is 0 Å². The molecule has 2 heterocycles. The van der Waals surface area contributed by atoms with E-state index < -0.39 is 0 Å². The van der Waals surface area contributed by atoms with Gasteiger partial charge in [-0.1, -0.05) is 59.8 Å². The number of hydrogen-bond donors (Lipinski definition) is 0. The first-order chi connectivity index (χ1) is 12.0. The van der Waals surface area contributed by atoms with Crippen molar-refractivity contribution in [3.8, 4) is 0 Å². The summed E-state index contributed by atoms with van der Waals surface area (Å²) in [6.45, 7) is 9.48. The summed E-state index contributed by atoms with van der Waals surface area (Å²) in [5.74, 6) is 3.33.